The number of hydrogen-bond donors (Lipinski definition) is 0. The third kappa shape index (κ3) is 3.31. The maximum absolute atomic E-state index is 11.5. The molecule has 2 rings (SSSR count). The van der Waals surface area contributed by atoms with Crippen LogP contribution in [0.25, 0.3) is 0 Å². The molecule has 0 fully saturated rings. The zero-order chi connectivity index (χ0) is 13.8. The highest BCUT2D eigenvalue weighted by molar-refractivity contribution is 6.28. The van der Waals surface area contributed by atoms with Gasteiger partial charge in [-0.15, -0.1) is 0 Å². The van der Waals surface area contributed by atoms with Crippen LogP contribution in [0.15, 0.2) is 36.4 Å². The Morgan fingerprint density at radius 3 is 2.11 bits per heavy atom. The first-order chi connectivity index (χ1) is 9.08. The van der Waals surface area contributed by atoms with Crippen molar-refractivity contribution in [2.24, 2.45) is 5.92 Å². The van der Waals surface area contributed by atoms with E-state index in [1.165, 1.54) is 35.5 Å². The average Bonchev–Trinajstić information content (AvgIpc) is 2.70. The monoisotopic (exact) mass is 257 g/mol. The van der Waals surface area contributed by atoms with Crippen LogP contribution >= 0.6 is 0 Å². The van der Waals surface area contributed by atoms with Crippen molar-refractivity contribution in [3.63, 3.8) is 0 Å². The van der Waals surface area contributed by atoms with Gasteiger partial charge in [-0.3, -0.25) is 9.59 Å². The third-order valence-corrected chi connectivity index (χ3v) is 3.25. The molecule has 1 aliphatic heterocycles. The molecule has 1 aromatic rings. The van der Waals surface area contributed by atoms with Crippen LogP contribution in [0.3, 0.4) is 0 Å². The first-order valence-electron chi connectivity index (χ1n) is 6.73. The van der Waals surface area contributed by atoms with E-state index in [1.54, 1.807) is 0 Å². The van der Waals surface area contributed by atoms with Crippen molar-refractivity contribution in [2.45, 2.75) is 33.1 Å². The van der Waals surface area contributed by atoms with Crippen LogP contribution in [0.2, 0.25) is 0 Å². The van der Waals surface area contributed by atoms with Gasteiger partial charge in [0.25, 0.3) is 11.8 Å². The van der Waals surface area contributed by atoms with Crippen molar-refractivity contribution in [1.29, 1.82) is 0 Å². The number of aryl methyl sites for hydroxylation is 1. The highest BCUT2D eigenvalue weighted by atomic mass is 16.2. The first-order valence-corrected chi connectivity index (χ1v) is 6.73. The van der Waals surface area contributed by atoms with E-state index in [4.69, 9.17) is 0 Å². The van der Waals surface area contributed by atoms with Crippen molar-refractivity contribution in [3.05, 3.63) is 42.0 Å². The summed E-state index contributed by atoms with van der Waals surface area (Å²) < 4.78 is 0. The molecule has 0 bridgehead atoms. The summed E-state index contributed by atoms with van der Waals surface area (Å²) >= 11 is 0. The van der Waals surface area contributed by atoms with Crippen LogP contribution in [0.1, 0.15) is 32.3 Å². The molecule has 0 aromatic heterocycles. The van der Waals surface area contributed by atoms with Gasteiger partial charge in [-0.1, -0.05) is 32.4 Å². The SMILES string of the molecule is CC(C)CCCc1ccc(N2C(=O)C=CC2=O)cc1. The number of hydrogen-bond acceptors (Lipinski definition) is 2. The molecule has 0 aliphatic carbocycles. The van der Waals surface area contributed by atoms with Gasteiger partial charge in [-0.05, 0) is 36.5 Å². The molecular formula is C16H19NO2. The lowest BCUT2D eigenvalue weighted by molar-refractivity contribution is -0.119. The highest BCUT2D eigenvalue weighted by Gasteiger charge is 2.24. The maximum Gasteiger partial charge on any atom is 0.258 e. The van der Waals surface area contributed by atoms with Crippen LogP contribution in [-0.2, 0) is 16.0 Å². The molecule has 0 spiro atoms. The van der Waals surface area contributed by atoms with Gasteiger partial charge in [-0.25, -0.2) is 4.90 Å². The summed E-state index contributed by atoms with van der Waals surface area (Å²) in [5.41, 5.74) is 1.89. The summed E-state index contributed by atoms with van der Waals surface area (Å²) in [6.07, 6.45) is 6.03. The summed E-state index contributed by atoms with van der Waals surface area (Å²) in [6, 6.07) is 7.67. The molecule has 3 heteroatoms. The van der Waals surface area contributed by atoms with E-state index in [-0.39, 0.29) is 11.8 Å². The van der Waals surface area contributed by atoms with Crippen LogP contribution in [-0.4, -0.2) is 11.8 Å². The number of anilines is 1. The van der Waals surface area contributed by atoms with Gasteiger partial charge in [0.15, 0.2) is 0 Å². The molecule has 0 atom stereocenters. The van der Waals surface area contributed by atoms with Crippen LogP contribution in [0, 0.1) is 5.92 Å². The quantitative estimate of drug-likeness (QED) is 0.760. The Hall–Kier alpha value is -1.90. The minimum Gasteiger partial charge on any atom is -0.269 e. The van der Waals surface area contributed by atoms with E-state index in [2.05, 4.69) is 13.8 Å². The smallest absolute Gasteiger partial charge is 0.258 e. The van der Waals surface area contributed by atoms with Gasteiger partial charge in [0.1, 0.15) is 0 Å². The minimum absolute atomic E-state index is 0.266. The van der Waals surface area contributed by atoms with Crippen molar-refractivity contribution < 1.29 is 9.59 Å². The van der Waals surface area contributed by atoms with Crippen LogP contribution in [0.5, 0.6) is 0 Å². The number of rotatable bonds is 5. The van der Waals surface area contributed by atoms with Gasteiger partial charge < -0.3 is 0 Å². The molecule has 1 heterocycles. The number of carbonyl (C=O) groups is 2. The largest absolute Gasteiger partial charge is 0.269 e. The number of nitrogens with zero attached hydrogens (tertiary/aromatic N) is 1. The van der Waals surface area contributed by atoms with E-state index in [0.717, 1.165) is 12.3 Å². The second-order valence-corrected chi connectivity index (χ2v) is 5.30. The number of imide groups is 1. The number of benzene rings is 1. The Kier molecular flexibility index (Phi) is 4.15. The predicted octanol–water partition coefficient (Wildman–Crippen LogP) is 3.09. The van der Waals surface area contributed by atoms with E-state index >= 15 is 0 Å². The molecular weight excluding hydrogens is 238 g/mol. The second kappa shape index (κ2) is 5.83. The molecule has 0 N–H and O–H groups in total. The average molecular weight is 257 g/mol. The van der Waals surface area contributed by atoms with E-state index < -0.39 is 0 Å². The highest BCUT2D eigenvalue weighted by Crippen LogP contribution is 2.20. The van der Waals surface area contributed by atoms with Gasteiger partial charge in [0, 0.05) is 12.2 Å². The van der Waals surface area contributed by atoms with E-state index in [0.29, 0.717) is 5.69 Å². The van der Waals surface area contributed by atoms with E-state index in [9.17, 15) is 9.59 Å². The molecule has 1 aromatic carbocycles. The summed E-state index contributed by atoms with van der Waals surface area (Å²) in [5, 5.41) is 0. The lowest BCUT2D eigenvalue weighted by Crippen LogP contribution is -2.29. The molecule has 0 radical (unpaired) electrons. The fourth-order valence-electron chi connectivity index (χ4n) is 2.18. The van der Waals surface area contributed by atoms with Crippen molar-refractivity contribution >= 4 is 17.5 Å². The zero-order valence-corrected chi connectivity index (χ0v) is 11.4. The minimum atomic E-state index is -0.266. The Morgan fingerprint density at radius 1 is 1.00 bits per heavy atom. The van der Waals surface area contributed by atoms with Gasteiger partial charge in [0.05, 0.1) is 5.69 Å². The lowest BCUT2D eigenvalue weighted by Gasteiger charge is -2.14. The predicted molar refractivity (Wildman–Crippen MR) is 75.9 cm³/mol. The maximum atomic E-state index is 11.5. The summed E-state index contributed by atoms with van der Waals surface area (Å²) in [7, 11) is 0. The molecule has 0 saturated carbocycles. The Bertz CT molecular complexity index is 482. The summed E-state index contributed by atoms with van der Waals surface area (Å²) in [4.78, 5) is 24.3. The standard InChI is InChI=1S/C16H19NO2/c1-12(2)4-3-5-13-6-8-14(9-7-13)17-15(18)10-11-16(17)19/h6-12H,3-5H2,1-2H3. The third-order valence-electron chi connectivity index (χ3n) is 3.25. The van der Waals surface area contributed by atoms with Crippen molar-refractivity contribution in [3.8, 4) is 0 Å². The molecule has 3 nitrogen and oxygen atoms in total. The molecule has 100 valence electrons. The Labute approximate surface area is 113 Å². The van der Waals surface area contributed by atoms with Crippen molar-refractivity contribution in [2.75, 3.05) is 4.90 Å². The van der Waals surface area contributed by atoms with Gasteiger partial charge in [0.2, 0.25) is 0 Å². The topological polar surface area (TPSA) is 37.4 Å². The summed E-state index contributed by atoms with van der Waals surface area (Å²) in [5.74, 6) is 0.195. The molecule has 0 saturated heterocycles. The Morgan fingerprint density at radius 2 is 1.58 bits per heavy atom. The fraction of sp³-hybridized carbons (Fsp3) is 0.375. The number of amides is 2. The molecule has 19 heavy (non-hydrogen) atoms. The fourth-order valence-corrected chi connectivity index (χ4v) is 2.18. The summed E-state index contributed by atoms with van der Waals surface area (Å²) in [6.45, 7) is 4.45. The Balaban J connectivity index is 1.99. The van der Waals surface area contributed by atoms with E-state index in [1.807, 2.05) is 24.3 Å². The zero-order valence-electron chi connectivity index (χ0n) is 11.4. The molecule has 0 unspecified atom stereocenters. The molecule has 2 amide bonds. The lowest BCUT2D eigenvalue weighted by atomic mass is 10.0. The van der Waals surface area contributed by atoms with Crippen molar-refractivity contribution in [1.82, 2.24) is 0 Å². The van der Waals surface area contributed by atoms with Crippen LogP contribution in [0.4, 0.5) is 5.69 Å². The second-order valence-electron chi connectivity index (χ2n) is 5.30. The normalized spacial score (nSPS) is 14.8. The number of carbonyl (C=O) groups excluding carboxylic acids is 2. The first kappa shape index (κ1) is 13.5. The van der Waals surface area contributed by atoms with Gasteiger partial charge >= 0.3 is 0 Å². The van der Waals surface area contributed by atoms with Crippen LogP contribution < -0.4 is 4.90 Å². The molecule has 1 aliphatic rings. The van der Waals surface area contributed by atoms with Gasteiger partial charge in [-0.2, -0.15) is 0 Å².